The van der Waals surface area contributed by atoms with E-state index < -0.39 is 10.0 Å². The molecule has 0 radical (unpaired) electrons. The van der Waals surface area contributed by atoms with Crippen LogP contribution in [0.4, 0.5) is 11.4 Å². The SMILES string of the molecule is COc1cc(C2CCC2)ccc1N1CCCN(C(=O)c2ccc(S(=O)(=O)Nc3cccc4cccnc34)cc2)CC1. The highest BCUT2D eigenvalue weighted by Crippen LogP contribution is 2.40. The number of rotatable bonds is 7. The lowest BCUT2D eigenvalue weighted by Gasteiger charge is -2.29. The topological polar surface area (TPSA) is 91.8 Å². The largest absolute Gasteiger partial charge is 0.495 e. The number of benzene rings is 3. The van der Waals surface area contributed by atoms with Crippen molar-refractivity contribution >= 4 is 38.2 Å². The number of hydrogen-bond acceptors (Lipinski definition) is 6. The van der Waals surface area contributed by atoms with Crippen LogP contribution in [0, 0.1) is 0 Å². The average molecular weight is 571 g/mol. The van der Waals surface area contributed by atoms with Crippen LogP contribution in [0.2, 0.25) is 0 Å². The van der Waals surface area contributed by atoms with Gasteiger partial charge in [0.05, 0.1) is 28.9 Å². The number of fused-ring (bicyclic) bond motifs is 1. The van der Waals surface area contributed by atoms with Crippen molar-refractivity contribution in [3.63, 3.8) is 0 Å². The molecule has 9 heteroatoms. The molecule has 8 nitrogen and oxygen atoms in total. The summed E-state index contributed by atoms with van der Waals surface area (Å²) in [6, 6.07) is 21.7. The summed E-state index contributed by atoms with van der Waals surface area (Å²) in [6.45, 7) is 2.73. The number of anilines is 2. The predicted octanol–water partition coefficient (Wildman–Crippen LogP) is 5.66. The van der Waals surface area contributed by atoms with E-state index in [0.717, 1.165) is 29.8 Å². The van der Waals surface area contributed by atoms with Gasteiger partial charge in [-0.05, 0) is 79.3 Å². The molecule has 2 fully saturated rings. The minimum absolute atomic E-state index is 0.0847. The predicted molar refractivity (Wildman–Crippen MR) is 161 cm³/mol. The number of ether oxygens (including phenoxy) is 1. The van der Waals surface area contributed by atoms with E-state index in [1.54, 1.807) is 37.6 Å². The third kappa shape index (κ3) is 5.59. The molecule has 2 aliphatic rings. The maximum absolute atomic E-state index is 13.4. The molecule has 1 saturated carbocycles. The van der Waals surface area contributed by atoms with Gasteiger partial charge in [0.15, 0.2) is 0 Å². The summed E-state index contributed by atoms with van der Waals surface area (Å²) in [6.07, 6.45) is 6.24. The van der Waals surface area contributed by atoms with Gasteiger partial charge in [0.1, 0.15) is 5.75 Å². The number of hydrogen-bond donors (Lipinski definition) is 1. The third-order valence-corrected chi connectivity index (χ3v) is 9.57. The van der Waals surface area contributed by atoms with Crippen molar-refractivity contribution in [2.45, 2.75) is 36.5 Å². The number of aromatic nitrogens is 1. The summed E-state index contributed by atoms with van der Waals surface area (Å²) in [4.78, 5) is 21.9. The Morgan fingerprint density at radius 2 is 1.73 bits per heavy atom. The van der Waals surface area contributed by atoms with Gasteiger partial charge in [-0.15, -0.1) is 0 Å². The number of pyridine rings is 1. The molecule has 1 amide bonds. The van der Waals surface area contributed by atoms with E-state index in [9.17, 15) is 13.2 Å². The van der Waals surface area contributed by atoms with E-state index in [2.05, 4.69) is 32.8 Å². The van der Waals surface area contributed by atoms with Gasteiger partial charge in [-0.25, -0.2) is 8.42 Å². The molecule has 1 aliphatic heterocycles. The van der Waals surface area contributed by atoms with E-state index in [1.165, 1.54) is 37.0 Å². The van der Waals surface area contributed by atoms with E-state index in [4.69, 9.17) is 4.74 Å². The number of sulfonamides is 1. The molecular weight excluding hydrogens is 536 g/mol. The normalized spacial score (nSPS) is 16.2. The average Bonchev–Trinajstić information content (AvgIpc) is 3.22. The molecule has 41 heavy (non-hydrogen) atoms. The lowest BCUT2D eigenvalue weighted by atomic mass is 9.80. The second-order valence-electron chi connectivity index (χ2n) is 10.7. The molecule has 0 atom stereocenters. The highest BCUT2D eigenvalue weighted by atomic mass is 32.2. The van der Waals surface area contributed by atoms with Crippen LogP contribution in [0.5, 0.6) is 5.75 Å². The number of carbonyl (C=O) groups is 1. The first kappa shape index (κ1) is 27.1. The van der Waals surface area contributed by atoms with Crippen molar-refractivity contribution in [2.24, 2.45) is 0 Å². The molecule has 1 aliphatic carbocycles. The molecular formula is C32H34N4O4S. The first-order chi connectivity index (χ1) is 19.9. The first-order valence-electron chi connectivity index (χ1n) is 14.1. The molecule has 3 aromatic carbocycles. The van der Waals surface area contributed by atoms with Gasteiger partial charge in [0, 0.05) is 43.3 Å². The maximum atomic E-state index is 13.4. The van der Waals surface area contributed by atoms with Crippen LogP contribution in [0.25, 0.3) is 10.9 Å². The van der Waals surface area contributed by atoms with E-state index in [1.807, 2.05) is 23.1 Å². The molecule has 0 spiro atoms. The van der Waals surface area contributed by atoms with Gasteiger partial charge < -0.3 is 14.5 Å². The van der Waals surface area contributed by atoms with Crippen LogP contribution >= 0.6 is 0 Å². The molecule has 0 bridgehead atoms. The molecule has 2 heterocycles. The monoisotopic (exact) mass is 570 g/mol. The zero-order chi connectivity index (χ0) is 28.4. The van der Waals surface area contributed by atoms with Gasteiger partial charge in [0.25, 0.3) is 15.9 Å². The standard InChI is InChI=1S/C32H34N4O4S/c1-40-30-22-26(23-6-2-7-23)13-16-29(30)35-18-5-19-36(21-20-35)32(37)25-11-14-27(15-12-25)41(38,39)34-28-10-3-8-24-9-4-17-33-31(24)28/h3-4,8-17,22-23,34H,2,5-7,18-21H2,1H3. The van der Waals surface area contributed by atoms with Crippen molar-refractivity contribution in [1.29, 1.82) is 0 Å². The maximum Gasteiger partial charge on any atom is 0.261 e. The Labute approximate surface area is 241 Å². The van der Waals surface area contributed by atoms with Gasteiger partial charge in [0.2, 0.25) is 0 Å². The second kappa shape index (κ2) is 11.4. The quantitative estimate of drug-likeness (QED) is 0.308. The molecule has 1 aromatic heterocycles. The number of nitrogens with one attached hydrogen (secondary N) is 1. The van der Waals surface area contributed by atoms with Crippen molar-refractivity contribution in [3.05, 3.63) is 90.1 Å². The Bertz CT molecular complexity index is 1660. The molecule has 1 saturated heterocycles. The Balaban J connectivity index is 1.13. The summed E-state index contributed by atoms with van der Waals surface area (Å²) in [5.74, 6) is 1.43. The molecule has 212 valence electrons. The van der Waals surface area contributed by atoms with Gasteiger partial charge in [-0.2, -0.15) is 0 Å². The van der Waals surface area contributed by atoms with Crippen LogP contribution < -0.4 is 14.4 Å². The number of para-hydroxylation sites is 1. The Kier molecular flexibility index (Phi) is 7.53. The minimum atomic E-state index is -3.86. The summed E-state index contributed by atoms with van der Waals surface area (Å²) < 4.78 is 34.7. The van der Waals surface area contributed by atoms with Gasteiger partial charge in [-0.3, -0.25) is 14.5 Å². The number of nitrogens with zero attached hydrogens (tertiary/aromatic N) is 3. The van der Waals surface area contributed by atoms with Crippen LogP contribution in [0.15, 0.2) is 83.9 Å². The fourth-order valence-electron chi connectivity index (χ4n) is 5.66. The first-order valence-corrected chi connectivity index (χ1v) is 15.6. The van der Waals surface area contributed by atoms with Crippen LogP contribution in [0.3, 0.4) is 0 Å². The van der Waals surface area contributed by atoms with E-state index in [0.29, 0.717) is 42.3 Å². The third-order valence-electron chi connectivity index (χ3n) is 8.19. The summed E-state index contributed by atoms with van der Waals surface area (Å²) in [5.41, 5.74) is 3.86. The van der Waals surface area contributed by atoms with Crippen LogP contribution in [0.1, 0.15) is 47.5 Å². The van der Waals surface area contributed by atoms with Crippen molar-refractivity contribution in [2.75, 3.05) is 42.9 Å². The fourth-order valence-corrected chi connectivity index (χ4v) is 6.73. The van der Waals surface area contributed by atoms with Crippen molar-refractivity contribution in [3.8, 4) is 5.75 Å². The van der Waals surface area contributed by atoms with Gasteiger partial charge >= 0.3 is 0 Å². The van der Waals surface area contributed by atoms with Crippen LogP contribution in [-0.4, -0.2) is 57.5 Å². The Hall–Kier alpha value is -4.11. The van der Waals surface area contributed by atoms with E-state index in [-0.39, 0.29) is 10.8 Å². The summed E-state index contributed by atoms with van der Waals surface area (Å²) in [5, 5.41) is 0.841. The van der Waals surface area contributed by atoms with Crippen LogP contribution in [-0.2, 0) is 10.0 Å². The van der Waals surface area contributed by atoms with Crippen molar-refractivity contribution < 1.29 is 17.9 Å². The lowest BCUT2D eigenvalue weighted by Crippen LogP contribution is -2.35. The smallest absolute Gasteiger partial charge is 0.261 e. The number of carbonyl (C=O) groups excluding carboxylic acids is 1. The summed E-state index contributed by atoms with van der Waals surface area (Å²) in [7, 11) is -2.15. The highest BCUT2D eigenvalue weighted by Gasteiger charge is 2.25. The number of amides is 1. The second-order valence-corrected chi connectivity index (χ2v) is 12.4. The molecule has 6 rings (SSSR count). The minimum Gasteiger partial charge on any atom is -0.495 e. The number of methoxy groups -OCH3 is 1. The summed E-state index contributed by atoms with van der Waals surface area (Å²) >= 11 is 0. The Morgan fingerprint density at radius 1 is 0.927 bits per heavy atom. The zero-order valence-electron chi connectivity index (χ0n) is 23.1. The lowest BCUT2D eigenvalue weighted by molar-refractivity contribution is 0.0767. The molecule has 4 aromatic rings. The Morgan fingerprint density at radius 3 is 2.49 bits per heavy atom. The van der Waals surface area contributed by atoms with Gasteiger partial charge in [-0.1, -0.05) is 30.7 Å². The molecule has 0 unspecified atom stereocenters. The zero-order valence-corrected chi connectivity index (χ0v) is 23.9. The van der Waals surface area contributed by atoms with E-state index >= 15 is 0 Å². The van der Waals surface area contributed by atoms with Crippen molar-refractivity contribution in [1.82, 2.24) is 9.88 Å². The highest BCUT2D eigenvalue weighted by molar-refractivity contribution is 7.92. The molecule has 1 N–H and O–H groups in total. The fraction of sp³-hybridized carbons (Fsp3) is 0.312.